The smallest absolute Gasteiger partial charge is 0.318 e. The Hall–Kier alpha value is -2.15. The maximum absolute atomic E-state index is 14.3. The fourth-order valence-electron chi connectivity index (χ4n) is 5.35. The van der Waals surface area contributed by atoms with Gasteiger partial charge in [-0.1, -0.05) is 19.1 Å². The van der Waals surface area contributed by atoms with Crippen LogP contribution in [0, 0.1) is 11.2 Å². The Bertz CT molecular complexity index is 828. The molecule has 4 rings (SSSR count). The molecule has 0 bridgehead atoms. The number of hydrogen-bond acceptors (Lipinski definition) is 3. The van der Waals surface area contributed by atoms with Gasteiger partial charge in [0.15, 0.2) is 0 Å². The van der Waals surface area contributed by atoms with E-state index in [1.165, 1.54) is 0 Å². The predicted molar refractivity (Wildman–Crippen MR) is 116 cm³/mol. The summed E-state index contributed by atoms with van der Waals surface area (Å²) in [5, 5.41) is 12.1. The summed E-state index contributed by atoms with van der Waals surface area (Å²) in [6, 6.07) is 5.46. The average Bonchev–Trinajstić information content (AvgIpc) is 3.60. The van der Waals surface area contributed by atoms with E-state index in [1.807, 2.05) is 22.8 Å². The van der Waals surface area contributed by atoms with E-state index in [2.05, 4.69) is 5.32 Å². The quantitative estimate of drug-likeness (QED) is 0.696. The van der Waals surface area contributed by atoms with E-state index in [1.54, 1.807) is 12.1 Å². The number of likely N-dealkylation sites (tertiary alicyclic amines) is 1. The highest BCUT2D eigenvalue weighted by molar-refractivity contribution is 5.77. The van der Waals surface area contributed by atoms with Crippen LogP contribution in [0.4, 0.5) is 9.18 Å². The molecule has 7 heteroatoms. The number of rotatable bonds is 7. The van der Waals surface area contributed by atoms with E-state index in [-0.39, 0.29) is 54.8 Å². The molecule has 1 aliphatic heterocycles. The minimum atomic E-state index is -0.275. The van der Waals surface area contributed by atoms with Crippen molar-refractivity contribution in [1.82, 2.24) is 15.1 Å². The van der Waals surface area contributed by atoms with E-state index >= 15 is 0 Å². The Morgan fingerprint density at radius 3 is 2.71 bits per heavy atom. The molecule has 1 unspecified atom stereocenters. The second kappa shape index (κ2) is 9.15. The monoisotopic (exact) mass is 431 g/mol. The highest BCUT2D eigenvalue weighted by Gasteiger charge is 2.55. The van der Waals surface area contributed by atoms with Gasteiger partial charge in [0.1, 0.15) is 5.82 Å². The number of piperidine rings is 1. The lowest BCUT2D eigenvalue weighted by atomic mass is 9.59. The fraction of sp³-hybridized carbons (Fsp3) is 0.667. The molecule has 1 aromatic rings. The highest BCUT2D eigenvalue weighted by atomic mass is 19.1. The number of nitrogens with one attached hydrogen (secondary N) is 1. The third-order valence-corrected chi connectivity index (χ3v) is 7.38. The molecule has 3 amide bonds. The average molecular weight is 432 g/mol. The van der Waals surface area contributed by atoms with Gasteiger partial charge in [-0.25, -0.2) is 9.18 Å². The molecule has 1 aromatic carbocycles. The van der Waals surface area contributed by atoms with Gasteiger partial charge in [0, 0.05) is 49.1 Å². The van der Waals surface area contributed by atoms with E-state index in [0.717, 1.165) is 57.1 Å². The van der Waals surface area contributed by atoms with E-state index in [9.17, 15) is 14.0 Å². The second-order valence-corrected chi connectivity index (χ2v) is 9.39. The number of benzene rings is 1. The third kappa shape index (κ3) is 4.56. The van der Waals surface area contributed by atoms with E-state index in [0.29, 0.717) is 12.1 Å². The number of amides is 3. The topological polar surface area (TPSA) is 72.9 Å². The number of halogens is 1. The fourth-order valence-corrected chi connectivity index (χ4v) is 5.35. The maximum Gasteiger partial charge on any atom is 0.318 e. The zero-order chi connectivity index (χ0) is 22.0. The number of hydrogen-bond donors (Lipinski definition) is 2. The van der Waals surface area contributed by atoms with Crippen LogP contribution in [-0.2, 0) is 17.8 Å². The summed E-state index contributed by atoms with van der Waals surface area (Å²) in [5.74, 6) is -0.274. The van der Waals surface area contributed by atoms with Crippen LogP contribution in [0.5, 0.6) is 0 Å². The summed E-state index contributed by atoms with van der Waals surface area (Å²) in [7, 11) is 0. The van der Waals surface area contributed by atoms with E-state index < -0.39 is 0 Å². The Kier molecular flexibility index (Phi) is 6.51. The van der Waals surface area contributed by atoms with Gasteiger partial charge in [0.2, 0.25) is 5.91 Å². The molecule has 31 heavy (non-hydrogen) atoms. The number of aliphatic hydroxyl groups excluding tert-OH is 1. The zero-order valence-electron chi connectivity index (χ0n) is 18.4. The molecule has 170 valence electrons. The van der Waals surface area contributed by atoms with Gasteiger partial charge in [0.05, 0.1) is 6.61 Å². The van der Waals surface area contributed by atoms with Crippen LogP contribution in [0.3, 0.4) is 0 Å². The van der Waals surface area contributed by atoms with Crippen molar-refractivity contribution in [3.8, 4) is 0 Å². The summed E-state index contributed by atoms with van der Waals surface area (Å²) < 4.78 is 14.3. The molecule has 3 aliphatic rings. The number of nitrogens with zero attached hydrogens (tertiary/aromatic N) is 2. The molecular formula is C24H34FN3O3. The summed E-state index contributed by atoms with van der Waals surface area (Å²) in [4.78, 5) is 29.4. The lowest BCUT2D eigenvalue weighted by molar-refractivity contribution is -0.140. The molecule has 1 spiro atoms. The Morgan fingerprint density at radius 2 is 2.10 bits per heavy atom. The van der Waals surface area contributed by atoms with Gasteiger partial charge in [0.25, 0.3) is 0 Å². The summed E-state index contributed by atoms with van der Waals surface area (Å²) in [6.07, 6.45) is 6.87. The Morgan fingerprint density at radius 1 is 1.29 bits per heavy atom. The standard InChI is InChI=1S/C24H34FN3O3/c1-2-17-4-5-18(20(25)14-17)15-26-23(31)28(19-6-7-19)21-8-11-24(21)10-3-12-27(16-24)22(30)9-13-29/h4-5,14,19,21,29H,2-3,6-13,15-16H2,1H3,(H,26,31)/t21-,24?/m1/s1. The normalized spacial score (nSPS) is 25.3. The molecule has 2 saturated carbocycles. The van der Waals surface area contributed by atoms with Gasteiger partial charge < -0.3 is 20.2 Å². The van der Waals surface area contributed by atoms with Crippen molar-refractivity contribution in [2.75, 3.05) is 19.7 Å². The molecule has 0 radical (unpaired) electrons. The molecule has 0 aromatic heterocycles. The summed E-state index contributed by atoms with van der Waals surface area (Å²) in [6.45, 7) is 3.44. The van der Waals surface area contributed by atoms with Crippen molar-refractivity contribution >= 4 is 11.9 Å². The Labute approximate surface area is 183 Å². The first-order valence-electron chi connectivity index (χ1n) is 11.7. The van der Waals surface area contributed by atoms with Gasteiger partial charge in [-0.15, -0.1) is 0 Å². The van der Waals surface area contributed by atoms with Crippen molar-refractivity contribution in [3.05, 3.63) is 35.1 Å². The maximum atomic E-state index is 14.3. The molecule has 1 saturated heterocycles. The lowest BCUT2D eigenvalue weighted by Crippen LogP contribution is -2.65. The van der Waals surface area contributed by atoms with Crippen LogP contribution in [-0.4, -0.2) is 58.6 Å². The first-order chi connectivity index (χ1) is 15.0. The summed E-state index contributed by atoms with van der Waals surface area (Å²) in [5.41, 5.74) is 1.40. The predicted octanol–water partition coefficient (Wildman–Crippen LogP) is 3.22. The summed E-state index contributed by atoms with van der Waals surface area (Å²) >= 11 is 0. The first kappa shape index (κ1) is 22.1. The molecule has 2 N–H and O–H groups in total. The van der Waals surface area contributed by atoms with Gasteiger partial charge in [-0.3, -0.25) is 4.79 Å². The largest absolute Gasteiger partial charge is 0.396 e. The molecule has 6 nitrogen and oxygen atoms in total. The number of urea groups is 1. The Balaban J connectivity index is 1.43. The SMILES string of the molecule is CCc1ccc(CNC(=O)N(C2CC2)[C@@H]2CCC23CCCN(C(=O)CCO)C3)c(F)c1. The minimum Gasteiger partial charge on any atom is -0.396 e. The molecule has 2 atom stereocenters. The van der Waals surface area contributed by atoms with Crippen LogP contribution in [0.2, 0.25) is 0 Å². The van der Waals surface area contributed by atoms with Crippen molar-refractivity contribution in [1.29, 1.82) is 0 Å². The second-order valence-electron chi connectivity index (χ2n) is 9.39. The van der Waals surface area contributed by atoms with Crippen molar-refractivity contribution in [2.24, 2.45) is 5.41 Å². The van der Waals surface area contributed by atoms with Crippen LogP contribution < -0.4 is 5.32 Å². The van der Waals surface area contributed by atoms with Crippen LogP contribution in [0.15, 0.2) is 18.2 Å². The van der Waals surface area contributed by atoms with Crippen LogP contribution in [0.1, 0.15) is 63.0 Å². The van der Waals surface area contributed by atoms with Crippen molar-refractivity contribution < 1.29 is 19.1 Å². The van der Waals surface area contributed by atoms with Crippen molar-refractivity contribution in [3.63, 3.8) is 0 Å². The number of carbonyl (C=O) groups is 2. The molecular weight excluding hydrogens is 397 g/mol. The lowest BCUT2D eigenvalue weighted by Gasteiger charge is -2.58. The number of aliphatic hydroxyl groups is 1. The third-order valence-electron chi connectivity index (χ3n) is 7.38. The number of aryl methyl sites for hydroxylation is 1. The molecule has 2 aliphatic carbocycles. The minimum absolute atomic E-state index is 0.000602. The van der Waals surface area contributed by atoms with Gasteiger partial charge in [-0.05, 0) is 56.6 Å². The zero-order valence-corrected chi connectivity index (χ0v) is 18.4. The molecule has 1 heterocycles. The highest BCUT2D eigenvalue weighted by Crippen LogP contribution is 2.52. The van der Waals surface area contributed by atoms with Gasteiger partial charge >= 0.3 is 6.03 Å². The van der Waals surface area contributed by atoms with Crippen LogP contribution in [0.25, 0.3) is 0 Å². The molecule has 3 fully saturated rings. The number of carbonyl (C=O) groups excluding carboxylic acids is 2. The van der Waals surface area contributed by atoms with Gasteiger partial charge in [-0.2, -0.15) is 0 Å². The van der Waals surface area contributed by atoms with E-state index in [4.69, 9.17) is 5.11 Å². The van der Waals surface area contributed by atoms with Crippen molar-refractivity contribution in [2.45, 2.75) is 76.9 Å². The first-order valence-corrected chi connectivity index (χ1v) is 11.7. The van der Waals surface area contributed by atoms with Crippen LogP contribution >= 0.6 is 0 Å².